The topological polar surface area (TPSA) is 54.7 Å². The predicted octanol–water partition coefficient (Wildman–Crippen LogP) is 5.93. The summed E-state index contributed by atoms with van der Waals surface area (Å²) in [6.45, 7) is 11.9. The van der Waals surface area contributed by atoms with E-state index in [1.54, 1.807) is 27.8 Å². The van der Waals surface area contributed by atoms with E-state index in [2.05, 4.69) is 56.7 Å². The highest BCUT2D eigenvalue weighted by atomic mass is 32.2. The van der Waals surface area contributed by atoms with Crippen molar-refractivity contribution >= 4 is 27.0 Å². The molecule has 2 heterocycles. The van der Waals surface area contributed by atoms with Crippen molar-refractivity contribution in [2.75, 3.05) is 13.1 Å². The molecule has 0 N–H and O–H groups in total. The average Bonchev–Trinajstić information content (AvgIpc) is 3.20. The molecule has 2 aromatic carbocycles. The maximum absolute atomic E-state index is 13.1. The first kappa shape index (κ1) is 23.9. The molecule has 0 bridgehead atoms. The molecule has 3 aromatic rings. The first-order valence-electron chi connectivity index (χ1n) is 11.5. The molecular formula is C26H33N3O2S2. The highest BCUT2D eigenvalue weighted by Gasteiger charge is 2.28. The van der Waals surface area contributed by atoms with Crippen LogP contribution in [-0.2, 0) is 15.6 Å². The van der Waals surface area contributed by atoms with Gasteiger partial charge in [-0.25, -0.2) is 13.4 Å². The first-order chi connectivity index (χ1) is 15.6. The molecule has 1 saturated heterocycles. The molecule has 0 aliphatic carbocycles. The Morgan fingerprint density at radius 3 is 2.15 bits per heavy atom. The summed E-state index contributed by atoms with van der Waals surface area (Å²) in [6.07, 6.45) is 1.84. The van der Waals surface area contributed by atoms with Gasteiger partial charge in [-0.05, 0) is 76.3 Å². The van der Waals surface area contributed by atoms with Crippen LogP contribution < -0.4 is 4.80 Å². The normalized spacial score (nSPS) is 16.9. The molecule has 33 heavy (non-hydrogen) atoms. The van der Waals surface area contributed by atoms with Crippen LogP contribution in [0.4, 0.5) is 5.69 Å². The van der Waals surface area contributed by atoms with Crippen LogP contribution in [0.2, 0.25) is 0 Å². The van der Waals surface area contributed by atoms with Crippen molar-refractivity contribution in [2.24, 2.45) is 10.9 Å². The standard InChI is InChI=1S/C26H33N3O2S2/c1-19-6-10-22(11-7-19)27-25-29(26(3,4)5)24(18-32-25)21-8-12-23(13-9-21)33(30,31)28-16-14-20(2)15-17-28/h6-13,18,20H,14-17H2,1-5H3. The summed E-state index contributed by atoms with van der Waals surface area (Å²) < 4.78 is 30.1. The van der Waals surface area contributed by atoms with E-state index in [1.807, 2.05) is 24.3 Å². The smallest absolute Gasteiger partial charge is 0.243 e. The number of thiazole rings is 1. The monoisotopic (exact) mass is 483 g/mol. The molecule has 0 unspecified atom stereocenters. The molecule has 0 spiro atoms. The lowest BCUT2D eigenvalue weighted by Gasteiger charge is -2.29. The Hall–Kier alpha value is -2.22. The molecule has 1 aliphatic rings. The molecule has 1 aliphatic heterocycles. The van der Waals surface area contributed by atoms with Crippen molar-refractivity contribution in [2.45, 2.75) is 57.9 Å². The maximum Gasteiger partial charge on any atom is 0.243 e. The number of hydrogen-bond donors (Lipinski definition) is 0. The third-order valence-corrected chi connectivity index (χ3v) is 8.91. The lowest BCUT2D eigenvalue weighted by Crippen LogP contribution is -2.37. The number of aromatic nitrogens is 1. The number of sulfonamides is 1. The van der Waals surface area contributed by atoms with Crippen molar-refractivity contribution in [1.29, 1.82) is 0 Å². The average molecular weight is 484 g/mol. The molecule has 5 nitrogen and oxygen atoms in total. The molecule has 0 atom stereocenters. The Morgan fingerprint density at radius 1 is 0.970 bits per heavy atom. The van der Waals surface area contributed by atoms with Gasteiger partial charge in [0.1, 0.15) is 0 Å². The van der Waals surface area contributed by atoms with Gasteiger partial charge in [-0.1, -0.05) is 36.8 Å². The lowest BCUT2D eigenvalue weighted by atomic mass is 10.0. The number of rotatable bonds is 4. The lowest BCUT2D eigenvalue weighted by molar-refractivity contribution is 0.288. The van der Waals surface area contributed by atoms with Crippen LogP contribution in [0.1, 0.15) is 46.1 Å². The fourth-order valence-corrected chi connectivity index (χ4v) is 6.70. The summed E-state index contributed by atoms with van der Waals surface area (Å²) in [4.78, 5) is 6.18. The van der Waals surface area contributed by atoms with E-state index in [1.165, 1.54) is 5.56 Å². The van der Waals surface area contributed by atoms with Crippen molar-refractivity contribution in [3.63, 3.8) is 0 Å². The molecule has 0 amide bonds. The van der Waals surface area contributed by atoms with Gasteiger partial charge >= 0.3 is 0 Å². The largest absolute Gasteiger partial charge is 0.311 e. The zero-order chi connectivity index (χ0) is 23.8. The molecule has 176 valence electrons. The number of piperidine rings is 1. The number of nitrogens with zero attached hydrogens (tertiary/aromatic N) is 3. The SMILES string of the molecule is Cc1ccc(N=c2scc(-c3ccc(S(=O)(=O)N4CCC(C)CC4)cc3)n2C(C)(C)C)cc1. The Labute approximate surface area is 201 Å². The van der Waals surface area contributed by atoms with Crippen LogP contribution in [0.3, 0.4) is 0 Å². The molecule has 0 radical (unpaired) electrons. The minimum atomic E-state index is -3.45. The fourth-order valence-electron chi connectivity index (χ4n) is 4.14. The number of aryl methyl sites for hydroxylation is 1. The number of benzene rings is 2. The van der Waals surface area contributed by atoms with E-state index in [9.17, 15) is 8.42 Å². The van der Waals surface area contributed by atoms with Gasteiger partial charge in [-0.2, -0.15) is 4.31 Å². The predicted molar refractivity (Wildman–Crippen MR) is 136 cm³/mol. The van der Waals surface area contributed by atoms with E-state index in [4.69, 9.17) is 4.99 Å². The second-order valence-corrected chi connectivity index (χ2v) is 12.7. The first-order valence-corrected chi connectivity index (χ1v) is 13.8. The summed E-state index contributed by atoms with van der Waals surface area (Å²) in [5, 5.41) is 2.10. The van der Waals surface area contributed by atoms with Gasteiger partial charge < -0.3 is 4.57 Å². The molecule has 4 rings (SSSR count). The Morgan fingerprint density at radius 2 is 1.58 bits per heavy atom. The zero-order valence-electron chi connectivity index (χ0n) is 20.1. The van der Waals surface area contributed by atoms with Crippen LogP contribution in [-0.4, -0.2) is 30.4 Å². The molecule has 1 fully saturated rings. The van der Waals surface area contributed by atoms with Crippen molar-refractivity contribution in [3.8, 4) is 11.3 Å². The Bertz CT molecular complexity index is 1270. The van der Waals surface area contributed by atoms with Gasteiger partial charge in [-0.15, -0.1) is 11.3 Å². The Kier molecular flexibility index (Phi) is 6.67. The van der Waals surface area contributed by atoms with Crippen LogP contribution in [0.15, 0.2) is 63.8 Å². The van der Waals surface area contributed by atoms with Gasteiger partial charge in [0.05, 0.1) is 16.3 Å². The third kappa shape index (κ3) is 5.15. The van der Waals surface area contributed by atoms with Gasteiger partial charge in [-0.3, -0.25) is 0 Å². The fraction of sp³-hybridized carbons (Fsp3) is 0.423. The molecule has 0 saturated carbocycles. The van der Waals surface area contributed by atoms with E-state index < -0.39 is 10.0 Å². The van der Waals surface area contributed by atoms with Crippen molar-refractivity contribution in [3.05, 3.63) is 64.3 Å². The quantitative estimate of drug-likeness (QED) is 0.462. The summed E-state index contributed by atoms with van der Waals surface area (Å²) >= 11 is 1.60. The molecule has 7 heteroatoms. The maximum atomic E-state index is 13.1. The van der Waals surface area contributed by atoms with Crippen molar-refractivity contribution < 1.29 is 8.42 Å². The van der Waals surface area contributed by atoms with E-state index >= 15 is 0 Å². The third-order valence-electron chi connectivity index (χ3n) is 6.17. The zero-order valence-corrected chi connectivity index (χ0v) is 21.7. The second-order valence-electron chi connectivity index (χ2n) is 9.97. The van der Waals surface area contributed by atoms with Crippen LogP contribution in [0, 0.1) is 12.8 Å². The highest BCUT2D eigenvalue weighted by molar-refractivity contribution is 7.89. The summed E-state index contributed by atoms with van der Waals surface area (Å²) in [5.74, 6) is 0.588. The van der Waals surface area contributed by atoms with E-state index in [-0.39, 0.29) is 5.54 Å². The van der Waals surface area contributed by atoms with E-state index in [0.717, 1.165) is 34.6 Å². The van der Waals surface area contributed by atoms with Gasteiger partial charge in [0.15, 0.2) is 4.80 Å². The summed E-state index contributed by atoms with van der Waals surface area (Å²) in [7, 11) is -3.45. The second kappa shape index (κ2) is 9.20. The summed E-state index contributed by atoms with van der Waals surface area (Å²) in [6, 6.07) is 15.5. The van der Waals surface area contributed by atoms with Gasteiger partial charge in [0, 0.05) is 24.0 Å². The minimum Gasteiger partial charge on any atom is -0.311 e. The Balaban J connectivity index is 1.70. The van der Waals surface area contributed by atoms with Crippen LogP contribution in [0.25, 0.3) is 11.3 Å². The van der Waals surface area contributed by atoms with Crippen LogP contribution >= 0.6 is 11.3 Å². The molecular weight excluding hydrogens is 450 g/mol. The molecule has 1 aromatic heterocycles. The highest BCUT2D eigenvalue weighted by Crippen LogP contribution is 2.29. The van der Waals surface area contributed by atoms with Gasteiger partial charge in [0.25, 0.3) is 0 Å². The van der Waals surface area contributed by atoms with Crippen LogP contribution in [0.5, 0.6) is 0 Å². The number of hydrogen-bond acceptors (Lipinski definition) is 4. The van der Waals surface area contributed by atoms with Crippen molar-refractivity contribution in [1.82, 2.24) is 8.87 Å². The summed E-state index contributed by atoms with van der Waals surface area (Å²) in [5.41, 5.74) is 3.96. The minimum absolute atomic E-state index is 0.186. The van der Waals surface area contributed by atoms with E-state index in [0.29, 0.717) is 23.9 Å². The van der Waals surface area contributed by atoms with Gasteiger partial charge in [0.2, 0.25) is 10.0 Å².